The Labute approximate surface area is 689 Å². The van der Waals surface area contributed by atoms with E-state index in [9.17, 15) is 0 Å². The van der Waals surface area contributed by atoms with Crippen molar-refractivity contribution in [3.05, 3.63) is 306 Å². The molecule has 12 aromatic rings. The first kappa shape index (κ1) is 92.2. The predicted molar refractivity (Wildman–Crippen MR) is 483 cm³/mol. The Bertz CT molecular complexity index is 4310. The number of aromatic nitrogens is 3. The number of hydrogen-bond acceptors (Lipinski definition) is 3. The van der Waals surface area contributed by atoms with E-state index in [0.29, 0.717) is 0 Å². The smallest absolute Gasteiger partial charge is 0.0702 e. The Morgan fingerprint density at radius 2 is 0.491 bits per heavy atom. The molecule has 0 unspecified atom stereocenters. The summed E-state index contributed by atoms with van der Waals surface area (Å²) in [7, 11) is 0. The molecule has 12 rings (SSSR count). The van der Waals surface area contributed by atoms with Crippen molar-refractivity contribution < 1.29 is 20.1 Å². The summed E-state index contributed by atoms with van der Waals surface area (Å²) < 4.78 is 1.01. The summed E-state index contributed by atoms with van der Waals surface area (Å²) >= 11 is 3.36. The molecular weight excluding hydrogens is 1580 g/mol. The first-order valence-electron chi connectivity index (χ1n) is 37.7. The van der Waals surface area contributed by atoms with Crippen LogP contribution in [0.2, 0.25) is 0 Å². The summed E-state index contributed by atoms with van der Waals surface area (Å²) in [4.78, 5) is 14.0. The van der Waals surface area contributed by atoms with Crippen molar-refractivity contribution >= 4 is 15.9 Å². The van der Waals surface area contributed by atoms with Gasteiger partial charge in [0.15, 0.2) is 0 Å². The first-order valence-corrected chi connectivity index (χ1v) is 38.5. The standard InChI is InChI=1S/C45H53N.C45H52N.C11H8BrN.4CH4.Ir/c2*1-42(2,3)30-44(7,8)39-21-16-32(17-22-39)36-26-37(33-18-23-40(24-19-33)45(9,10)31-43(4,5)6)28-38(27-36)35-20-25-41(46-29-35)34-14-12-11-13-15-34;12-10-6-7-11(13-8-10)9-4-2-1-3-5-9;;;;;/h11-29H,30-31H2,1-10H3;11-14,16-29H,30-31H2,1-10H3;1-8H;4*1H4;/q;-1;;;;;;. The molecule has 0 spiro atoms. The van der Waals surface area contributed by atoms with Crippen molar-refractivity contribution in [3.8, 4) is 101 Å². The molecule has 0 aliphatic heterocycles. The van der Waals surface area contributed by atoms with Crippen LogP contribution in [0.1, 0.15) is 216 Å². The van der Waals surface area contributed by atoms with E-state index >= 15 is 0 Å². The molecule has 0 atom stereocenters. The zero-order chi connectivity index (χ0) is 75.8. The average molecular weight is 1710 g/mol. The topological polar surface area (TPSA) is 38.7 Å². The molecule has 9 aromatic carbocycles. The van der Waals surface area contributed by atoms with Crippen molar-refractivity contribution in [3.63, 3.8) is 0 Å². The summed E-state index contributed by atoms with van der Waals surface area (Å²) in [5.41, 5.74) is 27.6. The maximum absolute atomic E-state index is 4.87. The van der Waals surface area contributed by atoms with E-state index < -0.39 is 0 Å². The maximum atomic E-state index is 4.87. The minimum absolute atomic E-state index is 0. The Morgan fingerprint density at radius 3 is 0.727 bits per heavy atom. The molecule has 0 aliphatic carbocycles. The van der Waals surface area contributed by atoms with Crippen LogP contribution in [0.3, 0.4) is 0 Å². The van der Waals surface area contributed by atoms with Crippen LogP contribution in [0, 0.1) is 27.7 Å². The van der Waals surface area contributed by atoms with Gasteiger partial charge in [-0.05, 0) is 229 Å². The van der Waals surface area contributed by atoms with Gasteiger partial charge in [-0.1, -0.05) is 344 Å². The molecule has 0 N–H and O–H groups in total. The molecule has 3 nitrogen and oxygen atoms in total. The van der Waals surface area contributed by atoms with Crippen LogP contribution in [0.4, 0.5) is 0 Å². The van der Waals surface area contributed by atoms with E-state index in [1.165, 1.54) is 72.3 Å². The number of rotatable bonds is 17. The third-order valence-corrected chi connectivity index (χ3v) is 20.3. The van der Waals surface area contributed by atoms with Gasteiger partial charge in [0.2, 0.25) is 0 Å². The number of nitrogens with zero attached hydrogens (tertiary/aromatic N) is 3. The van der Waals surface area contributed by atoms with E-state index in [2.05, 4.69) is 366 Å². The summed E-state index contributed by atoms with van der Waals surface area (Å²) in [6, 6.07) is 95.4. The van der Waals surface area contributed by atoms with Gasteiger partial charge < -0.3 is 4.98 Å². The van der Waals surface area contributed by atoms with Gasteiger partial charge in [-0.3, -0.25) is 9.97 Å². The monoisotopic (exact) mass is 1700 g/mol. The van der Waals surface area contributed by atoms with Crippen molar-refractivity contribution in [2.24, 2.45) is 21.7 Å². The van der Waals surface area contributed by atoms with Crippen molar-refractivity contribution in [2.75, 3.05) is 0 Å². The van der Waals surface area contributed by atoms with Crippen LogP contribution in [0.25, 0.3) is 101 Å². The zero-order valence-electron chi connectivity index (χ0n) is 66.9. The molecule has 581 valence electrons. The quantitative estimate of drug-likeness (QED) is 0.0853. The van der Waals surface area contributed by atoms with Gasteiger partial charge in [0.05, 0.1) is 11.4 Å². The van der Waals surface area contributed by atoms with E-state index in [4.69, 9.17) is 9.97 Å². The summed E-state index contributed by atoms with van der Waals surface area (Å²) in [5, 5.41) is 0. The van der Waals surface area contributed by atoms with Gasteiger partial charge in [-0.2, -0.15) is 0 Å². The summed E-state index contributed by atoms with van der Waals surface area (Å²) in [5.74, 6) is 0. The number of benzene rings is 9. The molecule has 0 bridgehead atoms. The first-order chi connectivity index (χ1) is 49.3. The van der Waals surface area contributed by atoms with Gasteiger partial charge in [0, 0.05) is 59.9 Å². The fourth-order valence-corrected chi connectivity index (χ4v) is 16.4. The summed E-state index contributed by atoms with van der Waals surface area (Å²) in [6.07, 6.45) is 10.3. The molecule has 0 saturated heterocycles. The molecule has 0 saturated carbocycles. The van der Waals surface area contributed by atoms with Crippen LogP contribution in [-0.2, 0) is 41.8 Å². The largest absolute Gasteiger partial charge is 0.304 e. The molecule has 1 radical (unpaired) electrons. The van der Waals surface area contributed by atoms with Gasteiger partial charge in [0.25, 0.3) is 0 Å². The number of hydrogen-bond donors (Lipinski definition) is 0. The zero-order valence-corrected chi connectivity index (χ0v) is 70.8. The van der Waals surface area contributed by atoms with Crippen LogP contribution >= 0.6 is 15.9 Å². The Balaban J connectivity index is 0.000000324. The van der Waals surface area contributed by atoms with E-state index in [-0.39, 0.29) is 93.1 Å². The maximum Gasteiger partial charge on any atom is 0.0702 e. The summed E-state index contributed by atoms with van der Waals surface area (Å²) in [6.45, 7) is 46.9. The second kappa shape index (κ2) is 38.2. The molecule has 0 fully saturated rings. The minimum atomic E-state index is 0. The Hall–Kier alpha value is -8.44. The minimum Gasteiger partial charge on any atom is -0.304 e. The molecule has 3 aromatic heterocycles. The fraction of sp³-hybridized carbons (Fsp3) is 0.343. The van der Waals surface area contributed by atoms with Gasteiger partial charge in [-0.15, -0.1) is 35.9 Å². The van der Waals surface area contributed by atoms with Crippen LogP contribution in [0.5, 0.6) is 0 Å². The third kappa shape index (κ3) is 25.8. The second-order valence-electron chi connectivity index (χ2n) is 36.6. The van der Waals surface area contributed by atoms with Crippen molar-refractivity contribution in [2.45, 2.75) is 216 Å². The Morgan fingerprint density at radius 1 is 0.245 bits per heavy atom. The van der Waals surface area contributed by atoms with E-state index in [1.54, 1.807) is 0 Å². The molecule has 0 aliphatic rings. The van der Waals surface area contributed by atoms with Crippen LogP contribution < -0.4 is 0 Å². The number of halogens is 1. The van der Waals surface area contributed by atoms with Gasteiger partial charge >= 0.3 is 0 Å². The van der Waals surface area contributed by atoms with Gasteiger partial charge in [0.1, 0.15) is 0 Å². The normalized spacial score (nSPS) is 11.8. The van der Waals surface area contributed by atoms with Crippen molar-refractivity contribution in [1.82, 2.24) is 15.0 Å². The van der Waals surface area contributed by atoms with Crippen LogP contribution in [-0.4, -0.2) is 15.0 Å². The molecule has 0 amide bonds. The average Bonchev–Trinajstić information content (AvgIpc) is 0.826. The Kier molecular flexibility index (Phi) is 32.0. The van der Waals surface area contributed by atoms with E-state index in [1.807, 2.05) is 73.2 Å². The van der Waals surface area contributed by atoms with Gasteiger partial charge in [-0.25, -0.2) is 0 Å². The predicted octanol–water partition coefficient (Wildman–Crippen LogP) is 32.2. The van der Waals surface area contributed by atoms with E-state index in [0.717, 1.165) is 80.6 Å². The molecule has 5 heteroatoms. The fourth-order valence-electron chi connectivity index (χ4n) is 16.2. The molecule has 110 heavy (non-hydrogen) atoms. The molecular formula is C105H129BrIrN3-. The second-order valence-corrected chi connectivity index (χ2v) is 37.5. The molecule has 3 heterocycles. The number of pyridine rings is 3. The van der Waals surface area contributed by atoms with Crippen molar-refractivity contribution in [1.29, 1.82) is 0 Å². The third-order valence-electron chi connectivity index (χ3n) is 19.8. The van der Waals surface area contributed by atoms with Crippen LogP contribution in [0.15, 0.2) is 278 Å². The SMILES string of the molecule is Brc1ccc(-c2ccccc2)nc1.C.C.C.C.CC(C)(C)CC(C)(C)c1ccc(-c2cc(-c3ccc(C(C)(C)CC(C)(C)C)cc3)cc(-c3ccc(-c4[c-]cccc4)nc3)c2)cc1.CC(C)(C)CC(C)(C)c1ccc(-c2cc(-c3ccc(C(C)(C)CC(C)(C)C)cc3)cc(-c3ccc(-c4ccccc4)nc3)c2)cc1.[Ir].